The normalized spacial score (nSPS) is 19.5. The van der Waals surface area contributed by atoms with E-state index in [1.807, 2.05) is 16.5 Å². The molecular formula is C11H9BrFN3S. The fourth-order valence-electron chi connectivity index (χ4n) is 1.90. The Morgan fingerprint density at radius 2 is 2.41 bits per heavy atom. The number of pyridine rings is 1. The Kier molecular flexibility index (Phi) is 2.63. The number of anilines is 1. The molecule has 88 valence electrons. The van der Waals surface area contributed by atoms with E-state index < -0.39 is 0 Å². The molecule has 0 aromatic carbocycles. The van der Waals surface area contributed by atoms with Crippen molar-refractivity contribution >= 4 is 44.4 Å². The van der Waals surface area contributed by atoms with E-state index in [1.165, 1.54) is 6.20 Å². The number of aromatic amines is 1. The summed E-state index contributed by atoms with van der Waals surface area (Å²) in [6.07, 6.45) is 5.22. The van der Waals surface area contributed by atoms with E-state index in [4.69, 9.17) is 0 Å². The van der Waals surface area contributed by atoms with Crippen LogP contribution in [0.25, 0.3) is 11.0 Å². The molecule has 6 heteroatoms. The minimum atomic E-state index is -0.274. The molecule has 3 heterocycles. The first kappa shape index (κ1) is 11.1. The molecule has 3 rings (SSSR count). The molecule has 1 N–H and O–H groups in total. The molecule has 1 aliphatic rings. The summed E-state index contributed by atoms with van der Waals surface area (Å²) in [5, 5.41) is 2.80. The Morgan fingerprint density at radius 1 is 1.59 bits per heavy atom. The molecule has 0 radical (unpaired) electrons. The number of halogens is 2. The van der Waals surface area contributed by atoms with Crippen molar-refractivity contribution in [3.05, 3.63) is 34.3 Å². The lowest BCUT2D eigenvalue weighted by atomic mass is 10.2. The van der Waals surface area contributed by atoms with E-state index in [9.17, 15) is 4.39 Å². The number of thioether (sulfide) groups is 1. The van der Waals surface area contributed by atoms with Gasteiger partial charge in [0.25, 0.3) is 0 Å². The van der Waals surface area contributed by atoms with Crippen LogP contribution < -0.4 is 4.90 Å². The van der Waals surface area contributed by atoms with Crippen LogP contribution in [0.4, 0.5) is 10.1 Å². The summed E-state index contributed by atoms with van der Waals surface area (Å²) >= 11 is 4.86. The maximum Gasteiger partial charge on any atom is 0.152 e. The number of nitrogens with zero attached hydrogens (tertiary/aromatic N) is 2. The zero-order chi connectivity index (χ0) is 12.0. The van der Waals surface area contributed by atoms with Crippen LogP contribution in [0.15, 0.2) is 28.5 Å². The standard InChI is InChI=1S/C11H9BrFN3S/c1-6-16(2-3-17-6)8-5-15-11-9(8)10(13)7(12)4-14-11/h2-6H,1H3,(H,14,15). The Morgan fingerprint density at radius 3 is 3.12 bits per heavy atom. The predicted molar refractivity (Wildman–Crippen MR) is 72.4 cm³/mol. The second-order valence-electron chi connectivity index (χ2n) is 3.75. The van der Waals surface area contributed by atoms with Crippen molar-refractivity contribution in [1.29, 1.82) is 0 Å². The number of hydrogen-bond acceptors (Lipinski definition) is 3. The zero-order valence-corrected chi connectivity index (χ0v) is 11.3. The van der Waals surface area contributed by atoms with Crippen LogP contribution in [-0.4, -0.2) is 15.3 Å². The second-order valence-corrected chi connectivity index (χ2v) is 5.83. The summed E-state index contributed by atoms with van der Waals surface area (Å²) in [4.78, 5) is 9.18. The van der Waals surface area contributed by atoms with E-state index in [2.05, 4.69) is 32.8 Å². The first-order valence-electron chi connectivity index (χ1n) is 5.10. The van der Waals surface area contributed by atoms with Gasteiger partial charge in [0, 0.05) is 18.6 Å². The molecular weight excluding hydrogens is 305 g/mol. The smallest absolute Gasteiger partial charge is 0.152 e. The lowest BCUT2D eigenvalue weighted by Crippen LogP contribution is -2.20. The molecule has 1 aliphatic heterocycles. The molecule has 0 amide bonds. The van der Waals surface area contributed by atoms with Crippen molar-refractivity contribution in [3.8, 4) is 0 Å². The van der Waals surface area contributed by atoms with Gasteiger partial charge in [0.15, 0.2) is 5.82 Å². The number of nitrogens with one attached hydrogen (secondary N) is 1. The fourth-order valence-corrected chi connectivity index (χ4v) is 2.94. The largest absolute Gasteiger partial charge is 0.344 e. The third-order valence-electron chi connectivity index (χ3n) is 2.74. The van der Waals surface area contributed by atoms with Crippen LogP contribution in [0, 0.1) is 5.82 Å². The van der Waals surface area contributed by atoms with Crippen LogP contribution in [0.2, 0.25) is 0 Å². The van der Waals surface area contributed by atoms with Gasteiger partial charge in [-0.15, -0.1) is 11.8 Å². The average Bonchev–Trinajstić information content (AvgIpc) is 2.89. The molecule has 0 bridgehead atoms. The van der Waals surface area contributed by atoms with Gasteiger partial charge >= 0.3 is 0 Å². The molecule has 0 saturated heterocycles. The van der Waals surface area contributed by atoms with Crippen LogP contribution >= 0.6 is 27.7 Å². The Balaban J connectivity index is 2.23. The molecule has 0 fully saturated rings. The van der Waals surface area contributed by atoms with Gasteiger partial charge in [-0.05, 0) is 28.3 Å². The van der Waals surface area contributed by atoms with E-state index in [0.29, 0.717) is 15.5 Å². The minimum absolute atomic E-state index is 0.271. The number of hydrogen-bond donors (Lipinski definition) is 1. The Labute approximate surface area is 110 Å². The molecule has 2 aromatic rings. The molecule has 17 heavy (non-hydrogen) atoms. The van der Waals surface area contributed by atoms with Gasteiger partial charge in [0.2, 0.25) is 0 Å². The summed E-state index contributed by atoms with van der Waals surface area (Å²) in [6.45, 7) is 2.08. The maximum atomic E-state index is 14.1. The highest BCUT2D eigenvalue weighted by atomic mass is 79.9. The van der Waals surface area contributed by atoms with Crippen molar-refractivity contribution in [2.45, 2.75) is 12.3 Å². The summed E-state index contributed by atoms with van der Waals surface area (Å²) in [5.74, 6) is -0.274. The van der Waals surface area contributed by atoms with Crippen molar-refractivity contribution in [2.75, 3.05) is 4.90 Å². The van der Waals surface area contributed by atoms with Crippen molar-refractivity contribution in [1.82, 2.24) is 9.97 Å². The van der Waals surface area contributed by atoms with Crippen LogP contribution in [0.3, 0.4) is 0 Å². The molecule has 0 saturated carbocycles. The highest BCUT2D eigenvalue weighted by molar-refractivity contribution is 9.10. The highest BCUT2D eigenvalue weighted by Gasteiger charge is 2.22. The second kappa shape index (κ2) is 4.03. The van der Waals surface area contributed by atoms with Crippen LogP contribution in [0.5, 0.6) is 0 Å². The van der Waals surface area contributed by atoms with Gasteiger partial charge < -0.3 is 9.88 Å². The topological polar surface area (TPSA) is 31.9 Å². The van der Waals surface area contributed by atoms with Gasteiger partial charge in [0.1, 0.15) is 5.65 Å². The first-order valence-corrected chi connectivity index (χ1v) is 6.83. The molecule has 1 atom stereocenters. The Hall–Kier alpha value is -1.01. The van der Waals surface area contributed by atoms with Crippen LogP contribution in [0.1, 0.15) is 6.92 Å². The van der Waals surface area contributed by atoms with E-state index >= 15 is 0 Å². The minimum Gasteiger partial charge on any atom is -0.344 e. The fraction of sp³-hybridized carbons (Fsp3) is 0.182. The number of aromatic nitrogens is 2. The third-order valence-corrected chi connectivity index (χ3v) is 4.19. The highest BCUT2D eigenvalue weighted by Crippen LogP contribution is 2.37. The van der Waals surface area contributed by atoms with Gasteiger partial charge in [0.05, 0.1) is 20.9 Å². The summed E-state index contributed by atoms with van der Waals surface area (Å²) in [7, 11) is 0. The zero-order valence-electron chi connectivity index (χ0n) is 8.95. The third kappa shape index (κ3) is 1.66. The van der Waals surface area contributed by atoms with Crippen molar-refractivity contribution in [2.24, 2.45) is 0 Å². The average molecular weight is 314 g/mol. The van der Waals surface area contributed by atoms with Gasteiger partial charge in [-0.3, -0.25) is 0 Å². The predicted octanol–water partition coefficient (Wildman–Crippen LogP) is 3.83. The quantitative estimate of drug-likeness (QED) is 0.868. The molecule has 2 aromatic heterocycles. The van der Waals surface area contributed by atoms with E-state index in [-0.39, 0.29) is 11.2 Å². The number of fused-ring (bicyclic) bond motifs is 1. The lowest BCUT2D eigenvalue weighted by Gasteiger charge is -2.20. The number of rotatable bonds is 1. The molecule has 1 unspecified atom stereocenters. The van der Waals surface area contributed by atoms with Crippen LogP contribution in [-0.2, 0) is 0 Å². The first-order chi connectivity index (χ1) is 8.18. The molecule has 0 aliphatic carbocycles. The Bertz CT molecular complexity index is 610. The molecule has 0 spiro atoms. The van der Waals surface area contributed by atoms with E-state index in [0.717, 1.165) is 5.69 Å². The van der Waals surface area contributed by atoms with Gasteiger partial charge in [-0.1, -0.05) is 0 Å². The SMILES string of the molecule is CC1SC=CN1c1c[nH]c2ncc(Br)c(F)c12. The maximum absolute atomic E-state index is 14.1. The molecule has 3 nitrogen and oxygen atoms in total. The van der Waals surface area contributed by atoms with Gasteiger partial charge in [-0.2, -0.15) is 0 Å². The summed E-state index contributed by atoms with van der Waals surface area (Å²) < 4.78 is 14.5. The van der Waals surface area contributed by atoms with Crippen molar-refractivity contribution in [3.63, 3.8) is 0 Å². The van der Waals surface area contributed by atoms with E-state index in [1.54, 1.807) is 18.0 Å². The monoisotopic (exact) mass is 313 g/mol. The van der Waals surface area contributed by atoms with Gasteiger partial charge in [-0.25, -0.2) is 9.37 Å². The number of H-pyrrole nitrogens is 1. The lowest BCUT2D eigenvalue weighted by molar-refractivity contribution is 0.631. The summed E-state index contributed by atoms with van der Waals surface area (Å²) in [5.41, 5.74) is 1.39. The van der Waals surface area contributed by atoms with Crippen molar-refractivity contribution < 1.29 is 4.39 Å². The summed E-state index contributed by atoms with van der Waals surface area (Å²) in [6, 6.07) is 0.